The molecule has 0 rings (SSSR count). The standard InChI is InChI=1S/C12H22N2O3S/c1-4-11(2)10-18(16,17)9-6-12(15)14(3)8-5-7-13/h11H,4-6,8-10H2,1-3H3. The number of carbonyl (C=O) groups excluding carboxylic acids is 1. The first-order valence-electron chi connectivity index (χ1n) is 6.13. The Balaban J connectivity index is 4.16. The predicted molar refractivity (Wildman–Crippen MR) is 70.6 cm³/mol. The average Bonchev–Trinajstić information content (AvgIpc) is 2.32. The summed E-state index contributed by atoms with van der Waals surface area (Å²) in [6, 6.07) is 1.95. The maximum absolute atomic E-state index is 11.7. The SMILES string of the molecule is CCC(C)CS(=O)(=O)CCC(=O)N(C)CCC#N. The molecule has 0 fully saturated rings. The van der Waals surface area contributed by atoms with Gasteiger partial charge >= 0.3 is 0 Å². The van der Waals surface area contributed by atoms with Gasteiger partial charge in [-0.1, -0.05) is 20.3 Å². The van der Waals surface area contributed by atoms with Crippen LogP contribution in [-0.2, 0) is 14.6 Å². The highest BCUT2D eigenvalue weighted by atomic mass is 32.2. The van der Waals surface area contributed by atoms with Crippen LogP contribution in [0.25, 0.3) is 0 Å². The van der Waals surface area contributed by atoms with Gasteiger partial charge in [-0.2, -0.15) is 5.26 Å². The largest absolute Gasteiger partial charge is 0.345 e. The fraction of sp³-hybridized carbons (Fsp3) is 0.833. The van der Waals surface area contributed by atoms with Crippen LogP contribution in [0.5, 0.6) is 0 Å². The Morgan fingerprint density at radius 3 is 2.56 bits per heavy atom. The van der Waals surface area contributed by atoms with Crippen molar-refractivity contribution in [1.82, 2.24) is 4.90 Å². The molecule has 0 aliphatic heterocycles. The molecule has 0 saturated carbocycles. The van der Waals surface area contributed by atoms with Crippen LogP contribution in [0.3, 0.4) is 0 Å². The van der Waals surface area contributed by atoms with Crippen molar-refractivity contribution in [3.05, 3.63) is 0 Å². The molecule has 5 nitrogen and oxygen atoms in total. The molecule has 0 saturated heterocycles. The molecule has 0 N–H and O–H groups in total. The van der Waals surface area contributed by atoms with Gasteiger partial charge in [-0.3, -0.25) is 4.79 Å². The number of hydrogen-bond donors (Lipinski definition) is 0. The van der Waals surface area contributed by atoms with Gasteiger partial charge in [0, 0.05) is 20.0 Å². The van der Waals surface area contributed by atoms with Gasteiger partial charge in [0.05, 0.1) is 24.0 Å². The van der Waals surface area contributed by atoms with E-state index in [0.29, 0.717) is 6.54 Å². The summed E-state index contributed by atoms with van der Waals surface area (Å²) in [5, 5.41) is 8.40. The van der Waals surface area contributed by atoms with Crippen molar-refractivity contribution in [2.75, 3.05) is 25.1 Å². The first-order chi connectivity index (χ1) is 8.32. The van der Waals surface area contributed by atoms with Crippen molar-refractivity contribution in [3.8, 4) is 6.07 Å². The Morgan fingerprint density at radius 2 is 2.06 bits per heavy atom. The third-order valence-corrected chi connectivity index (χ3v) is 4.75. The van der Waals surface area contributed by atoms with Crippen LogP contribution in [0.4, 0.5) is 0 Å². The van der Waals surface area contributed by atoms with Crippen LogP contribution in [0, 0.1) is 17.2 Å². The van der Waals surface area contributed by atoms with E-state index in [-0.39, 0.29) is 36.2 Å². The summed E-state index contributed by atoms with van der Waals surface area (Å²) in [6.07, 6.45) is 1.08. The number of amides is 1. The topological polar surface area (TPSA) is 78.2 Å². The van der Waals surface area contributed by atoms with Crippen LogP contribution >= 0.6 is 0 Å². The lowest BCUT2D eigenvalue weighted by Gasteiger charge is -2.15. The zero-order valence-corrected chi connectivity index (χ0v) is 12.2. The van der Waals surface area contributed by atoms with Crippen molar-refractivity contribution in [1.29, 1.82) is 5.26 Å². The molecule has 18 heavy (non-hydrogen) atoms. The van der Waals surface area contributed by atoms with Gasteiger partial charge in [0.2, 0.25) is 5.91 Å². The molecular formula is C12H22N2O3S. The summed E-state index contributed by atoms with van der Waals surface area (Å²) in [5.41, 5.74) is 0. The van der Waals surface area contributed by atoms with Crippen LogP contribution in [0.1, 0.15) is 33.1 Å². The van der Waals surface area contributed by atoms with Gasteiger partial charge < -0.3 is 4.90 Å². The fourth-order valence-electron chi connectivity index (χ4n) is 1.41. The normalized spacial score (nSPS) is 12.8. The van der Waals surface area contributed by atoms with E-state index in [0.717, 1.165) is 6.42 Å². The highest BCUT2D eigenvalue weighted by Crippen LogP contribution is 2.07. The lowest BCUT2D eigenvalue weighted by molar-refractivity contribution is -0.129. The number of sulfone groups is 1. The van der Waals surface area contributed by atoms with Crippen LogP contribution in [0.2, 0.25) is 0 Å². The Kier molecular flexibility index (Phi) is 7.60. The van der Waals surface area contributed by atoms with Gasteiger partial charge in [-0.05, 0) is 5.92 Å². The maximum atomic E-state index is 11.7. The Bertz CT molecular complexity index is 398. The highest BCUT2D eigenvalue weighted by Gasteiger charge is 2.18. The molecule has 1 atom stereocenters. The monoisotopic (exact) mass is 274 g/mol. The van der Waals surface area contributed by atoms with E-state index in [4.69, 9.17) is 5.26 Å². The minimum Gasteiger partial charge on any atom is -0.345 e. The molecule has 1 unspecified atom stereocenters. The van der Waals surface area contributed by atoms with Crippen molar-refractivity contribution in [3.63, 3.8) is 0 Å². The van der Waals surface area contributed by atoms with Gasteiger partial charge in [0.15, 0.2) is 9.84 Å². The van der Waals surface area contributed by atoms with Crippen LogP contribution in [0.15, 0.2) is 0 Å². The van der Waals surface area contributed by atoms with Crippen molar-refractivity contribution in [2.24, 2.45) is 5.92 Å². The van der Waals surface area contributed by atoms with Crippen molar-refractivity contribution >= 4 is 15.7 Å². The minimum absolute atomic E-state index is 0.000691. The molecule has 6 heteroatoms. The summed E-state index contributed by atoms with van der Waals surface area (Å²) < 4.78 is 23.4. The third-order valence-electron chi connectivity index (χ3n) is 2.85. The molecule has 104 valence electrons. The molecule has 0 bridgehead atoms. The third kappa shape index (κ3) is 7.28. The van der Waals surface area contributed by atoms with E-state index >= 15 is 0 Å². The van der Waals surface area contributed by atoms with Crippen molar-refractivity contribution in [2.45, 2.75) is 33.1 Å². The average molecular weight is 274 g/mol. The number of nitrogens with zero attached hydrogens (tertiary/aromatic N) is 2. The number of carbonyl (C=O) groups is 1. The van der Waals surface area contributed by atoms with E-state index < -0.39 is 9.84 Å². The Hall–Kier alpha value is -1.09. The minimum atomic E-state index is -3.15. The first kappa shape index (κ1) is 16.9. The fourth-order valence-corrected chi connectivity index (χ4v) is 3.17. The lowest BCUT2D eigenvalue weighted by atomic mass is 10.2. The van der Waals surface area contributed by atoms with Gasteiger partial charge in [0.25, 0.3) is 0 Å². The lowest BCUT2D eigenvalue weighted by Crippen LogP contribution is -2.30. The van der Waals surface area contributed by atoms with Crippen LogP contribution < -0.4 is 0 Å². The second-order valence-corrected chi connectivity index (χ2v) is 6.83. The molecular weight excluding hydrogens is 252 g/mol. The highest BCUT2D eigenvalue weighted by molar-refractivity contribution is 7.91. The molecule has 0 radical (unpaired) electrons. The smallest absolute Gasteiger partial charge is 0.223 e. The van der Waals surface area contributed by atoms with E-state index in [1.165, 1.54) is 4.90 Å². The molecule has 0 heterocycles. The molecule has 0 aromatic heterocycles. The van der Waals surface area contributed by atoms with E-state index in [1.54, 1.807) is 7.05 Å². The zero-order chi connectivity index (χ0) is 14.2. The maximum Gasteiger partial charge on any atom is 0.223 e. The zero-order valence-electron chi connectivity index (χ0n) is 11.3. The molecule has 0 aromatic rings. The summed E-state index contributed by atoms with van der Waals surface area (Å²) in [6.45, 7) is 4.18. The Morgan fingerprint density at radius 1 is 1.44 bits per heavy atom. The first-order valence-corrected chi connectivity index (χ1v) is 7.95. The predicted octanol–water partition coefficient (Wildman–Crippen LogP) is 1.21. The Labute approximate surface area is 110 Å². The van der Waals surface area contributed by atoms with Gasteiger partial charge in [0.1, 0.15) is 0 Å². The summed E-state index contributed by atoms with van der Waals surface area (Å²) in [4.78, 5) is 13.0. The van der Waals surface area contributed by atoms with Crippen LogP contribution in [-0.4, -0.2) is 44.3 Å². The second-order valence-electron chi connectivity index (χ2n) is 4.60. The van der Waals surface area contributed by atoms with Crippen molar-refractivity contribution < 1.29 is 13.2 Å². The molecule has 0 aliphatic carbocycles. The number of hydrogen-bond acceptors (Lipinski definition) is 4. The van der Waals surface area contributed by atoms with E-state index in [2.05, 4.69) is 0 Å². The molecule has 1 amide bonds. The molecule has 0 aliphatic rings. The molecule has 0 spiro atoms. The molecule has 0 aromatic carbocycles. The van der Waals surface area contributed by atoms with Gasteiger partial charge in [-0.25, -0.2) is 8.42 Å². The number of rotatable bonds is 8. The van der Waals surface area contributed by atoms with E-state index in [9.17, 15) is 13.2 Å². The van der Waals surface area contributed by atoms with E-state index in [1.807, 2.05) is 19.9 Å². The van der Waals surface area contributed by atoms with Gasteiger partial charge in [-0.15, -0.1) is 0 Å². The quantitative estimate of drug-likeness (QED) is 0.666. The summed E-state index contributed by atoms with van der Waals surface area (Å²) in [5.74, 6) is -0.0643. The second kappa shape index (κ2) is 8.09. The number of nitriles is 1. The summed E-state index contributed by atoms with van der Waals surface area (Å²) in [7, 11) is -1.57. The summed E-state index contributed by atoms with van der Waals surface area (Å²) >= 11 is 0.